The van der Waals surface area contributed by atoms with E-state index in [1.807, 2.05) is 0 Å². The predicted molar refractivity (Wildman–Crippen MR) is 48.0 cm³/mol. The summed E-state index contributed by atoms with van der Waals surface area (Å²) in [6.07, 6.45) is 2.41. The van der Waals surface area contributed by atoms with Gasteiger partial charge >= 0.3 is 0 Å². The lowest BCUT2D eigenvalue weighted by Gasteiger charge is -2.50. The highest BCUT2D eigenvalue weighted by Gasteiger charge is 2.45. The molecule has 2 heterocycles. The highest BCUT2D eigenvalue weighted by Crippen LogP contribution is 2.31. The zero-order valence-electron chi connectivity index (χ0n) is 7.71. The Labute approximate surface area is 73.8 Å². The molecule has 0 aromatic heterocycles. The van der Waals surface area contributed by atoms with E-state index in [4.69, 9.17) is 0 Å². The number of nitrogens with zero attached hydrogens (tertiary/aromatic N) is 1. The average Bonchev–Trinajstić information content (AvgIpc) is 2.04. The van der Waals surface area contributed by atoms with Gasteiger partial charge in [0.2, 0.25) is 0 Å². The Bertz CT molecular complexity index is 160. The Kier molecular flexibility index (Phi) is 2.10. The summed E-state index contributed by atoms with van der Waals surface area (Å²) < 4.78 is 0. The molecule has 0 radical (unpaired) electrons. The molecule has 0 aromatic carbocycles. The molecule has 0 bridgehead atoms. The van der Waals surface area contributed by atoms with Crippen molar-refractivity contribution in [3.8, 4) is 0 Å². The molecule has 1 unspecified atom stereocenters. The van der Waals surface area contributed by atoms with Gasteiger partial charge < -0.3 is 15.3 Å². The van der Waals surface area contributed by atoms with Crippen LogP contribution in [0.15, 0.2) is 0 Å². The van der Waals surface area contributed by atoms with Crippen LogP contribution < -0.4 is 5.32 Å². The van der Waals surface area contributed by atoms with Crippen LogP contribution in [-0.4, -0.2) is 48.8 Å². The fourth-order valence-electron chi connectivity index (χ4n) is 2.46. The summed E-state index contributed by atoms with van der Waals surface area (Å²) in [7, 11) is 2.06. The smallest absolute Gasteiger partial charge is 0.0939 e. The molecule has 3 heteroatoms. The number of rotatable bonds is 1. The van der Waals surface area contributed by atoms with Gasteiger partial charge in [-0.05, 0) is 26.4 Å². The van der Waals surface area contributed by atoms with E-state index >= 15 is 0 Å². The molecule has 70 valence electrons. The van der Waals surface area contributed by atoms with Gasteiger partial charge in [-0.3, -0.25) is 0 Å². The van der Waals surface area contributed by atoms with E-state index in [0.29, 0.717) is 5.92 Å². The maximum Gasteiger partial charge on any atom is 0.0939 e. The lowest BCUT2D eigenvalue weighted by molar-refractivity contribution is -0.130. The number of likely N-dealkylation sites (tertiary alicyclic amines) is 1. The molecule has 3 nitrogen and oxygen atoms in total. The highest BCUT2D eigenvalue weighted by atomic mass is 16.3. The van der Waals surface area contributed by atoms with Crippen LogP contribution in [0.3, 0.4) is 0 Å². The van der Waals surface area contributed by atoms with E-state index < -0.39 is 0 Å². The molecular weight excluding hydrogens is 152 g/mol. The number of hydrogen-bond donors (Lipinski definition) is 2. The van der Waals surface area contributed by atoms with Crippen LogP contribution in [0.5, 0.6) is 0 Å². The third kappa shape index (κ3) is 1.37. The van der Waals surface area contributed by atoms with Gasteiger partial charge in [-0.1, -0.05) is 0 Å². The molecule has 1 atom stereocenters. The van der Waals surface area contributed by atoms with Gasteiger partial charge in [-0.15, -0.1) is 0 Å². The highest BCUT2D eigenvalue weighted by molar-refractivity contribution is 5.00. The molecule has 0 spiro atoms. The van der Waals surface area contributed by atoms with Crippen LogP contribution in [0, 0.1) is 5.92 Å². The lowest BCUT2D eigenvalue weighted by Crippen LogP contribution is -2.66. The summed E-state index contributed by atoms with van der Waals surface area (Å²) in [6.45, 7) is 3.85. The van der Waals surface area contributed by atoms with Gasteiger partial charge in [0.15, 0.2) is 0 Å². The number of β-amino-alcohol motifs (C(OH)–C–C–N with tert-alkyl or cyclic N) is 1. The quantitative estimate of drug-likeness (QED) is 0.565. The zero-order valence-corrected chi connectivity index (χ0v) is 7.71. The fourth-order valence-corrected chi connectivity index (χ4v) is 2.46. The van der Waals surface area contributed by atoms with Crippen molar-refractivity contribution in [3.05, 3.63) is 0 Å². The van der Waals surface area contributed by atoms with Crippen molar-refractivity contribution >= 4 is 0 Å². The van der Waals surface area contributed by atoms with Crippen LogP contribution in [0.4, 0.5) is 0 Å². The molecule has 0 aliphatic carbocycles. The first-order valence-electron chi connectivity index (χ1n) is 4.82. The van der Waals surface area contributed by atoms with Crippen molar-refractivity contribution in [1.82, 2.24) is 10.2 Å². The largest absolute Gasteiger partial charge is 0.387 e. The maximum atomic E-state index is 10.1. The summed E-state index contributed by atoms with van der Waals surface area (Å²) in [6, 6.07) is 0. The Morgan fingerprint density at radius 2 is 2.25 bits per heavy atom. The van der Waals surface area contributed by atoms with Crippen molar-refractivity contribution in [2.45, 2.75) is 18.4 Å². The number of piperidine rings is 1. The molecular formula is C9H18N2O. The number of nitrogens with one attached hydrogen (secondary N) is 1. The minimum atomic E-state index is -0.373. The van der Waals surface area contributed by atoms with Crippen LogP contribution in [0.2, 0.25) is 0 Å². The molecule has 0 amide bonds. The van der Waals surface area contributed by atoms with Crippen molar-refractivity contribution in [3.63, 3.8) is 0 Å². The molecule has 12 heavy (non-hydrogen) atoms. The molecule has 2 aliphatic heterocycles. The standard InChI is InChI=1S/C9H18N2O/c1-11-6-9(12,7-11)8-3-2-4-10-5-8/h8,10,12H,2-7H2,1H3. The molecule has 2 rings (SSSR count). The molecule has 2 N–H and O–H groups in total. The van der Waals surface area contributed by atoms with Crippen LogP contribution >= 0.6 is 0 Å². The monoisotopic (exact) mass is 170 g/mol. The van der Waals surface area contributed by atoms with E-state index in [1.165, 1.54) is 12.8 Å². The third-order valence-corrected chi connectivity index (χ3v) is 3.14. The first kappa shape index (κ1) is 8.48. The fraction of sp³-hybridized carbons (Fsp3) is 1.00. The van der Waals surface area contributed by atoms with Crippen LogP contribution in [-0.2, 0) is 0 Å². The summed E-state index contributed by atoms with van der Waals surface area (Å²) >= 11 is 0. The summed E-state index contributed by atoms with van der Waals surface area (Å²) in [4.78, 5) is 2.18. The van der Waals surface area contributed by atoms with Crippen LogP contribution in [0.25, 0.3) is 0 Å². The number of aliphatic hydroxyl groups is 1. The zero-order chi connectivity index (χ0) is 8.60. The molecule has 2 saturated heterocycles. The minimum Gasteiger partial charge on any atom is -0.387 e. The van der Waals surface area contributed by atoms with E-state index in [-0.39, 0.29) is 5.60 Å². The van der Waals surface area contributed by atoms with Gasteiger partial charge in [0.05, 0.1) is 5.60 Å². The minimum absolute atomic E-state index is 0.373. The normalized spacial score (nSPS) is 36.0. The molecule has 2 fully saturated rings. The van der Waals surface area contributed by atoms with E-state index in [1.54, 1.807) is 0 Å². The lowest BCUT2D eigenvalue weighted by atomic mass is 9.77. The second-order valence-electron chi connectivity index (χ2n) is 4.32. The van der Waals surface area contributed by atoms with Crippen molar-refractivity contribution in [2.24, 2.45) is 5.92 Å². The SMILES string of the molecule is CN1CC(O)(C2CCCNC2)C1. The van der Waals surface area contributed by atoms with Gasteiger partial charge in [0, 0.05) is 25.6 Å². The number of hydrogen-bond acceptors (Lipinski definition) is 3. The van der Waals surface area contributed by atoms with E-state index in [2.05, 4.69) is 17.3 Å². The topological polar surface area (TPSA) is 35.5 Å². The summed E-state index contributed by atoms with van der Waals surface area (Å²) in [5.41, 5.74) is -0.373. The Balaban J connectivity index is 1.90. The third-order valence-electron chi connectivity index (χ3n) is 3.14. The molecule has 2 aliphatic rings. The van der Waals surface area contributed by atoms with Gasteiger partial charge in [0.25, 0.3) is 0 Å². The van der Waals surface area contributed by atoms with Gasteiger partial charge in [-0.2, -0.15) is 0 Å². The summed E-state index contributed by atoms with van der Waals surface area (Å²) in [5.74, 6) is 0.488. The van der Waals surface area contributed by atoms with Crippen molar-refractivity contribution in [2.75, 3.05) is 33.2 Å². The van der Waals surface area contributed by atoms with Gasteiger partial charge in [-0.25, -0.2) is 0 Å². The maximum absolute atomic E-state index is 10.1. The van der Waals surface area contributed by atoms with Crippen LogP contribution in [0.1, 0.15) is 12.8 Å². The van der Waals surface area contributed by atoms with E-state index in [9.17, 15) is 5.11 Å². The molecule has 0 saturated carbocycles. The van der Waals surface area contributed by atoms with Gasteiger partial charge in [0.1, 0.15) is 0 Å². The first-order valence-corrected chi connectivity index (χ1v) is 4.82. The Hall–Kier alpha value is -0.120. The van der Waals surface area contributed by atoms with Crippen molar-refractivity contribution in [1.29, 1.82) is 0 Å². The van der Waals surface area contributed by atoms with E-state index in [0.717, 1.165) is 26.2 Å². The second kappa shape index (κ2) is 2.98. The Morgan fingerprint density at radius 3 is 2.75 bits per heavy atom. The summed E-state index contributed by atoms with van der Waals surface area (Å²) in [5, 5.41) is 13.5. The second-order valence-corrected chi connectivity index (χ2v) is 4.32. The average molecular weight is 170 g/mol. The first-order chi connectivity index (χ1) is 5.71. The Morgan fingerprint density at radius 1 is 1.50 bits per heavy atom. The molecule has 0 aromatic rings. The van der Waals surface area contributed by atoms with Crippen molar-refractivity contribution < 1.29 is 5.11 Å². The predicted octanol–water partition coefficient (Wildman–Crippen LogP) is -0.337. The number of likely N-dealkylation sites (N-methyl/N-ethyl adjacent to an activating group) is 1.